The Labute approximate surface area is 185 Å². The van der Waals surface area contributed by atoms with Gasteiger partial charge in [-0.15, -0.1) is 0 Å². The molecule has 5 heteroatoms. The summed E-state index contributed by atoms with van der Waals surface area (Å²) in [5.41, 5.74) is 3.80. The molecule has 0 fully saturated rings. The number of aromatic nitrogens is 2. The summed E-state index contributed by atoms with van der Waals surface area (Å²) < 4.78 is 7.79. The number of methoxy groups -OCH3 is 1. The Bertz CT molecular complexity index is 1210. The number of hydrogen-bond acceptors (Lipinski definition) is 4. The molecule has 0 aliphatic rings. The topological polar surface area (TPSA) is 42.3 Å². The van der Waals surface area contributed by atoms with Gasteiger partial charge >= 0.3 is 0 Å². The highest BCUT2D eigenvalue weighted by Crippen LogP contribution is 2.39. The van der Waals surface area contributed by atoms with Gasteiger partial charge in [-0.3, -0.25) is 0 Å². The highest BCUT2D eigenvalue weighted by atomic mass is 16.5. The van der Waals surface area contributed by atoms with Crippen LogP contribution in [0.1, 0.15) is 32.8 Å². The summed E-state index contributed by atoms with van der Waals surface area (Å²) in [5, 5.41) is 8.59. The largest absolute Gasteiger partial charge is 0.497 e. The fourth-order valence-electron chi connectivity index (χ4n) is 4.69. The van der Waals surface area contributed by atoms with E-state index in [4.69, 9.17) is 9.72 Å². The number of nitrogens with one attached hydrogen (secondary N) is 1. The Morgan fingerprint density at radius 1 is 1.06 bits per heavy atom. The normalized spacial score (nSPS) is 11.8. The number of anilines is 1. The first-order valence-corrected chi connectivity index (χ1v) is 11.5. The van der Waals surface area contributed by atoms with Crippen molar-refractivity contribution in [3.05, 3.63) is 42.1 Å². The Hall–Kier alpha value is -2.79. The van der Waals surface area contributed by atoms with Crippen molar-refractivity contribution in [1.29, 1.82) is 0 Å². The summed E-state index contributed by atoms with van der Waals surface area (Å²) in [4.78, 5) is 7.34. The van der Waals surface area contributed by atoms with Gasteiger partial charge in [0.15, 0.2) is 0 Å². The van der Waals surface area contributed by atoms with Gasteiger partial charge in [0.1, 0.15) is 11.6 Å². The fourth-order valence-corrected chi connectivity index (χ4v) is 4.69. The number of ether oxygens (including phenoxy) is 1. The summed E-state index contributed by atoms with van der Waals surface area (Å²) in [5.74, 6) is 1.87. The van der Waals surface area contributed by atoms with Crippen molar-refractivity contribution in [2.24, 2.45) is 7.05 Å². The molecule has 0 spiro atoms. The van der Waals surface area contributed by atoms with Crippen LogP contribution in [-0.2, 0) is 13.5 Å². The lowest BCUT2D eigenvalue weighted by Crippen LogP contribution is -2.25. The molecule has 0 saturated carbocycles. The van der Waals surface area contributed by atoms with Gasteiger partial charge in [-0.2, -0.15) is 0 Å². The second kappa shape index (κ2) is 9.15. The predicted molar refractivity (Wildman–Crippen MR) is 133 cm³/mol. The van der Waals surface area contributed by atoms with Gasteiger partial charge in [0.2, 0.25) is 0 Å². The summed E-state index contributed by atoms with van der Waals surface area (Å²) in [6.07, 6.45) is 4.10. The van der Waals surface area contributed by atoms with Crippen LogP contribution in [0.4, 0.5) is 5.82 Å². The molecule has 2 aromatic heterocycles. The van der Waals surface area contributed by atoms with E-state index in [2.05, 4.69) is 72.9 Å². The standard InChI is InChI=1S/C26H34N4O/c1-6-18-17-28-26(27-14-9-15-30(7-2)8-3)24-23-21-12-11-20(31-5)16-19(21)10-13-22(23)29(4)25(18)24/h10-13,16-17H,6-9,14-15H2,1-5H3,(H,27,28). The predicted octanol–water partition coefficient (Wildman–Crippen LogP) is 5.59. The van der Waals surface area contributed by atoms with Gasteiger partial charge in [0.25, 0.3) is 0 Å². The van der Waals surface area contributed by atoms with Crippen LogP contribution < -0.4 is 10.1 Å². The van der Waals surface area contributed by atoms with Gasteiger partial charge in [-0.25, -0.2) is 4.98 Å². The van der Waals surface area contributed by atoms with E-state index in [1.165, 1.54) is 38.1 Å². The minimum absolute atomic E-state index is 0.884. The summed E-state index contributed by atoms with van der Waals surface area (Å²) in [6.45, 7) is 10.9. The molecule has 2 aromatic carbocycles. The molecule has 1 N–H and O–H groups in total. The van der Waals surface area contributed by atoms with E-state index in [1.807, 2.05) is 6.20 Å². The number of aryl methyl sites for hydroxylation is 2. The molecule has 0 saturated heterocycles. The Morgan fingerprint density at radius 3 is 2.58 bits per heavy atom. The first-order chi connectivity index (χ1) is 15.1. The van der Waals surface area contributed by atoms with E-state index in [0.717, 1.165) is 50.6 Å². The Kier molecular flexibility index (Phi) is 6.33. The average molecular weight is 419 g/mol. The van der Waals surface area contributed by atoms with Gasteiger partial charge in [-0.05, 0) is 73.1 Å². The Balaban J connectivity index is 1.84. The summed E-state index contributed by atoms with van der Waals surface area (Å²) in [7, 11) is 3.89. The van der Waals surface area contributed by atoms with Gasteiger partial charge in [-0.1, -0.05) is 26.8 Å². The molecule has 164 valence electrons. The zero-order valence-corrected chi connectivity index (χ0v) is 19.5. The molecule has 0 bridgehead atoms. The van der Waals surface area contributed by atoms with Crippen molar-refractivity contribution in [3.8, 4) is 5.75 Å². The second-order valence-corrected chi connectivity index (χ2v) is 8.12. The third kappa shape index (κ3) is 3.83. The van der Waals surface area contributed by atoms with Crippen molar-refractivity contribution >= 4 is 38.4 Å². The minimum atomic E-state index is 0.884. The molecule has 4 aromatic rings. The van der Waals surface area contributed by atoms with Crippen LogP contribution in [0.2, 0.25) is 0 Å². The maximum absolute atomic E-state index is 5.46. The van der Waals surface area contributed by atoms with E-state index in [9.17, 15) is 0 Å². The second-order valence-electron chi connectivity index (χ2n) is 8.12. The molecule has 0 amide bonds. The number of hydrogen-bond donors (Lipinski definition) is 1. The molecule has 4 rings (SSSR count). The van der Waals surface area contributed by atoms with E-state index >= 15 is 0 Å². The van der Waals surface area contributed by atoms with E-state index in [-0.39, 0.29) is 0 Å². The van der Waals surface area contributed by atoms with Crippen molar-refractivity contribution in [2.75, 3.05) is 38.6 Å². The van der Waals surface area contributed by atoms with Crippen LogP contribution in [0.3, 0.4) is 0 Å². The van der Waals surface area contributed by atoms with Crippen LogP contribution >= 0.6 is 0 Å². The molecule has 31 heavy (non-hydrogen) atoms. The van der Waals surface area contributed by atoms with Crippen LogP contribution in [0.15, 0.2) is 36.5 Å². The fraction of sp³-hybridized carbons (Fsp3) is 0.423. The maximum Gasteiger partial charge on any atom is 0.136 e. The third-order valence-corrected chi connectivity index (χ3v) is 6.50. The molecule has 2 heterocycles. The van der Waals surface area contributed by atoms with Crippen molar-refractivity contribution in [3.63, 3.8) is 0 Å². The SMILES string of the molecule is CCc1cnc(NCCCN(CC)CC)c2c3c4ccc(OC)cc4ccc3n(C)c12. The molecule has 0 atom stereocenters. The lowest BCUT2D eigenvalue weighted by Gasteiger charge is -2.18. The minimum Gasteiger partial charge on any atom is -0.497 e. The number of rotatable bonds is 9. The van der Waals surface area contributed by atoms with E-state index < -0.39 is 0 Å². The molecule has 0 aliphatic heterocycles. The highest BCUT2D eigenvalue weighted by Gasteiger charge is 2.18. The smallest absolute Gasteiger partial charge is 0.136 e. The van der Waals surface area contributed by atoms with Crippen molar-refractivity contribution < 1.29 is 4.74 Å². The molecular formula is C26H34N4O. The maximum atomic E-state index is 5.46. The zero-order valence-electron chi connectivity index (χ0n) is 19.5. The van der Waals surface area contributed by atoms with Crippen LogP contribution in [0.5, 0.6) is 5.75 Å². The molecule has 0 unspecified atom stereocenters. The number of pyridine rings is 1. The zero-order chi connectivity index (χ0) is 22.0. The van der Waals surface area contributed by atoms with Crippen LogP contribution in [0, 0.1) is 0 Å². The molecule has 5 nitrogen and oxygen atoms in total. The summed E-state index contributed by atoms with van der Waals surface area (Å²) in [6, 6.07) is 10.8. The molecule has 0 radical (unpaired) electrons. The Morgan fingerprint density at radius 2 is 1.87 bits per heavy atom. The highest BCUT2D eigenvalue weighted by molar-refractivity contribution is 6.24. The molecular weight excluding hydrogens is 384 g/mol. The lowest BCUT2D eigenvalue weighted by atomic mass is 10.0. The average Bonchev–Trinajstić information content (AvgIpc) is 3.12. The van der Waals surface area contributed by atoms with Gasteiger partial charge in [0, 0.05) is 30.7 Å². The van der Waals surface area contributed by atoms with Crippen LogP contribution in [0.25, 0.3) is 32.6 Å². The monoisotopic (exact) mass is 418 g/mol. The van der Waals surface area contributed by atoms with Gasteiger partial charge < -0.3 is 19.5 Å². The number of fused-ring (bicyclic) bond motifs is 5. The summed E-state index contributed by atoms with van der Waals surface area (Å²) >= 11 is 0. The van der Waals surface area contributed by atoms with Crippen LogP contribution in [-0.4, -0.2) is 47.7 Å². The van der Waals surface area contributed by atoms with Crippen molar-refractivity contribution in [2.45, 2.75) is 33.6 Å². The molecule has 0 aliphatic carbocycles. The van der Waals surface area contributed by atoms with Gasteiger partial charge in [0.05, 0.1) is 18.0 Å². The quantitative estimate of drug-likeness (QED) is 0.360. The van der Waals surface area contributed by atoms with E-state index in [1.54, 1.807) is 7.11 Å². The first kappa shape index (κ1) is 21.4. The van der Waals surface area contributed by atoms with Crippen molar-refractivity contribution in [1.82, 2.24) is 14.5 Å². The number of nitrogens with zero attached hydrogens (tertiary/aromatic N) is 3. The lowest BCUT2D eigenvalue weighted by molar-refractivity contribution is 0.303. The number of benzene rings is 2. The third-order valence-electron chi connectivity index (χ3n) is 6.50. The van der Waals surface area contributed by atoms with E-state index in [0.29, 0.717) is 0 Å². The first-order valence-electron chi connectivity index (χ1n) is 11.5.